The van der Waals surface area contributed by atoms with E-state index >= 15 is 4.79 Å². The number of carbonyl (C=O) groups excluding carboxylic acids is 2. The van der Waals surface area contributed by atoms with Crippen LogP contribution in [0.2, 0.25) is 0 Å². The van der Waals surface area contributed by atoms with Crippen LogP contribution in [0.15, 0.2) is 170 Å². The summed E-state index contributed by atoms with van der Waals surface area (Å²) in [5.41, 5.74) is 2.44. The molecule has 2 amide bonds. The van der Waals surface area contributed by atoms with Crippen LogP contribution in [0.1, 0.15) is 45.1 Å². The monoisotopic (exact) mass is 669 g/mol. The van der Waals surface area contributed by atoms with E-state index in [0.717, 1.165) is 5.56 Å². The van der Waals surface area contributed by atoms with Crippen LogP contribution >= 0.6 is 0 Å². The molecule has 51 heavy (non-hydrogen) atoms. The molecule has 0 saturated heterocycles. The Hall–Kier alpha value is -6.80. The van der Waals surface area contributed by atoms with E-state index in [1.165, 1.54) is 12.1 Å². The quantitative estimate of drug-likeness (QED) is 0.130. The van der Waals surface area contributed by atoms with Crippen molar-refractivity contribution in [2.24, 2.45) is 0 Å². The molecule has 0 fully saturated rings. The Balaban J connectivity index is 1.48. The van der Waals surface area contributed by atoms with E-state index < -0.39 is 16.7 Å². The first-order valence-electron chi connectivity index (χ1n) is 16.6. The predicted octanol–water partition coefficient (Wildman–Crippen LogP) is 9.17. The minimum atomic E-state index is -1.66. The maximum absolute atomic E-state index is 15.6. The number of ether oxygens (including phenoxy) is 1. The Morgan fingerprint density at radius 1 is 0.686 bits per heavy atom. The first kappa shape index (κ1) is 31.5. The van der Waals surface area contributed by atoms with Gasteiger partial charge >= 0.3 is 0 Å². The van der Waals surface area contributed by atoms with Crippen molar-refractivity contribution in [3.8, 4) is 0 Å². The Labute approximate surface area is 294 Å². The van der Waals surface area contributed by atoms with Gasteiger partial charge in [0, 0.05) is 35.2 Å². The Morgan fingerprint density at radius 3 is 1.90 bits per heavy atom. The zero-order chi connectivity index (χ0) is 35.0. The molecule has 0 aliphatic carbocycles. The highest BCUT2D eigenvalue weighted by Crippen LogP contribution is 2.56. The maximum Gasteiger partial charge on any atom is 0.269 e. The fourth-order valence-electron chi connectivity index (χ4n) is 7.19. The lowest BCUT2D eigenvalue weighted by Crippen LogP contribution is -2.55. The van der Waals surface area contributed by atoms with Gasteiger partial charge in [-0.3, -0.25) is 29.5 Å². The number of rotatable bonds is 6. The van der Waals surface area contributed by atoms with Gasteiger partial charge < -0.3 is 4.74 Å². The highest BCUT2D eigenvalue weighted by molar-refractivity contribution is 6.33. The molecule has 2 atom stereocenters. The molecule has 8 rings (SSSR count). The highest BCUT2D eigenvalue weighted by Gasteiger charge is 2.56. The van der Waals surface area contributed by atoms with Crippen LogP contribution in [0.5, 0.6) is 0 Å². The molecule has 0 N–H and O–H groups in total. The lowest BCUT2D eigenvalue weighted by Gasteiger charge is -2.48. The summed E-state index contributed by atoms with van der Waals surface area (Å²) in [5, 5.41) is 12.3. The number of benzene rings is 6. The van der Waals surface area contributed by atoms with Crippen LogP contribution in [0.4, 0.5) is 17.1 Å². The number of nitro groups is 1. The zero-order valence-electron chi connectivity index (χ0n) is 27.3. The van der Waals surface area contributed by atoms with Crippen LogP contribution in [-0.4, -0.2) is 16.7 Å². The van der Waals surface area contributed by atoms with Gasteiger partial charge in [-0.1, -0.05) is 133 Å². The van der Waals surface area contributed by atoms with Crippen molar-refractivity contribution in [1.29, 1.82) is 0 Å². The summed E-state index contributed by atoms with van der Waals surface area (Å²) in [5.74, 6) is -0.300. The molecule has 2 aliphatic heterocycles. The number of fused-ring (bicyclic) bond motifs is 3. The van der Waals surface area contributed by atoms with Crippen molar-refractivity contribution in [2.45, 2.75) is 18.2 Å². The molecule has 2 aliphatic rings. The van der Waals surface area contributed by atoms with Gasteiger partial charge in [0.25, 0.3) is 17.5 Å². The predicted molar refractivity (Wildman–Crippen MR) is 197 cm³/mol. The van der Waals surface area contributed by atoms with E-state index in [1.54, 1.807) is 40.1 Å². The lowest BCUT2D eigenvalue weighted by molar-refractivity contribution is -0.385. The second-order valence-corrected chi connectivity index (χ2v) is 12.4. The van der Waals surface area contributed by atoms with Gasteiger partial charge in [0.2, 0.25) is 5.72 Å². The molecule has 0 unspecified atom stereocenters. The number of nitrogens with zero attached hydrogens (tertiary/aromatic N) is 3. The molecule has 0 aromatic heterocycles. The molecule has 6 aromatic carbocycles. The van der Waals surface area contributed by atoms with Gasteiger partial charge in [-0.05, 0) is 35.4 Å². The highest BCUT2D eigenvalue weighted by atomic mass is 16.6. The molecule has 8 nitrogen and oxygen atoms in total. The SMILES string of the molecule is O=C(c1ccccc1)N1c2ccccc2N2C(=O)C(c3ccccc3)=C(c3ccccc3)O[C@@]2(c2cccc([N+](=O)[O-])c2)C[C@@H]1c1ccccc1. The standard InChI is InChI=1S/C43H31N3O5/c47-41(33-22-11-4-12-23-33)44-36-26-13-14-27-37(36)45-42(48)39(31-18-7-2-8-19-31)40(32-20-9-3-10-21-32)51-43(45,29-38(44)30-16-5-1-6-17-30)34-24-15-25-35(28-34)46(49)50/h1-28,38H,29H2/t38-,43-/m1/s1. The van der Waals surface area contributed by atoms with Crippen molar-refractivity contribution in [2.75, 3.05) is 9.80 Å². The number of anilines is 2. The first-order valence-corrected chi connectivity index (χ1v) is 16.6. The van der Waals surface area contributed by atoms with Gasteiger partial charge in [-0.15, -0.1) is 0 Å². The third kappa shape index (κ3) is 5.43. The Morgan fingerprint density at radius 2 is 1.25 bits per heavy atom. The summed E-state index contributed by atoms with van der Waals surface area (Å²) in [6.45, 7) is 0. The summed E-state index contributed by atoms with van der Waals surface area (Å²) in [4.78, 5) is 45.6. The number of amides is 2. The van der Waals surface area contributed by atoms with Crippen molar-refractivity contribution < 1.29 is 19.2 Å². The smallest absolute Gasteiger partial charge is 0.269 e. The van der Waals surface area contributed by atoms with Gasteiger partial charge in [-0.2, -0.15) is 0 Å². The summed E-state index contributed by atoms with van der Waals surface area (Å²) in [7, 11) is 0. The van der Waals surface area contributed by atoms with Gasteiger partial charge in [-0.25, -0.2) is 0 Å². The van der Waals surface area contributed by atoms with Crippen LogP contribution in [0.3, 0.4) is 0 Å². The molecule has 248 valence electrons. The van der Waals surface area contributed by atoms with Crippen molar-refractivity contribution >= 4 is 40.2 Å². The van der Waals surface area contributed by atoms with Gasteiger partial charge in [0.1, 0.15) is 5.76 Å². The average Bonchev–Trinajstić information content (AvgIpc) is 3.32. The number of hydrogen-bond donors (Lipinski definition) is 0. The van der Waals surface area contributed by atoms with Crippen LogP contribution in [-0.2, 0) is 15.3 Å². The molecule has 0 saturated carbocycles. The molecule has 0 spiro atoms. The third-order valence-corrected chi connectivity index (χ3v) is 9.47. The van der Waals surface area contributed by atoms with Gasteiger partial charge in [0.15, 0.2) is 0 Å². The number of nitro benzene ring substituents is 1. The fourth-order valence-corrected chi connectivity index (χ4v) is 7.19. The summed E-state index contributed by atoms with van der Waals surface area (Å²) < 4.78 is 7.37. The van der Waals surface area contributed by atoms with Crippen LogP contribution in [0, 0.1) is 10.1 Å². The number of hydrogen-bond acceptors (Lipinski definition) is 5. The molecule has 2 heterocycles. The van der Waals surface area contributed by atoms with E-state index in [-0.39, 0.29) is 23.9 Å². The van der Waals surface area contributed by atoms with E-state index in [4.69, 9.17) is 4.74 Å². The topological polar surface area (TPSA) is 93.0 Å². The largest absolute Gasteiger partial charge is 0.462 e. The van der Waals surface area contributed by atoms with E-state index in [0.29, 0.717) is 45.0 Å². The van der Waals surface area contributed by atoms with E-state index in [1.807, 2.05) is 127 Å². The first-order chi connectivity index (χ1) is 25.0. The number of carbonyl (C=O) groups is 2. The Bertz CT molecular complexity index is 2290. The van der Waals surface area contributed by atoms with E-state index in [9.17, 15) is 14.9 Å². The second kappa shape index (κ2) is 12.9. The molecular formula is C43H31N3O5. The molecule has 8 heteroatoms. The number of para-hydroxylation sites is 2. The summed E-state index contributed by atoms with van der Waals surface area (Å²) >= 11 is 0. The van der Waals surface area contributed by atoms with Crippen molar-refractivity contribution in [3.63, 3.8) is 0 Å². The number of non-ortho nitro benzene ring substituents is 1. The Kier molecular flexibility index (Phi) is 7.96. The third-order valence-electron chi connectivity index (χ3n) is 9.47. The minimum Gasteiger partial charge on any atom is -0.462 e. The summed E-state index contributed by atoms with van der Waals surface area (Å²) in [6, 6.07) is 50.2. The van der Waals surface area contributed by atoms with E-state index in [2.05, 4.69) is 0 Å². The lowest BCUT2D eigenvalue weighted by atomic mass is 9.86. The van der Waals surface area contributed by atoms with Gasteiger partial charge in [0.05, 0.1) is 27.9 Å². The van der Waals surface area contributed by atoms with Crippen molar-refractivity contribution in [3.05, 3.63) is 208 Å². The fraction of sp³-hybridized carbons (Fsp3) is 0.0698. The zero-order valence-corrected chi connectivity index (χ0v) is 27.3. The average molecular weight is 670 g/mol. The molecular weight excluding hydrogens is 638 g/mol. The van der Waals surface area contributed by atoms with Crippen molar-refractivity contribution in [1.82, 2.24) is 0 Å². The maximum atomic E-state index is 15.6. The molecule has 0 radical (unpaired) electrons. The summed E-state index contributed by atoms with van der Waals surface area (Å²) in [6.07, 6.45) is 0.0373. The normalized spacial score (nSPS) is 18.3. The molecule has 0 bridgehead atoms. The van der Waals surface area contributed by atoms with Crippen LogP contribution in [0.25, 0.3) is 11.3 Å². The molecule has 6 aromatic rings. The minimum absolute atomic E-state index is 0.0373. The second-order valence-electron chi connectivity index (χ2n) is 12.4. The van der Waals surface area contributed by atoms with Crippen LogP contribution < -0.4 is 9.80 Å².